The molecule has 1 rings (SSSR count). The second-order valence-electron chi connectivity index (χ2n) is 3.04. The summed E-state index contributed by atoms with van der Waals surface area (Å²) in [5.41, 5.74) is 5.29. The minimum atomic E-state index is -0.673. The van der Waals surface area contributed by atoms with Gasteiger partial charge in [-0.05, 0) is 41.0 Å². The first-order valence-electron chi connectivity index (χ1n) is 4.44. The molecule has 0 heterocycles. The molecule has 1 aromatic carbocycles. The molecule has 0 atom stereocenters. The van der Waals surface area contributed by atoms with E-state index in [0.29, 0.717) is 17.4 Å². The molecular weight excluding hydrogens is 284 g/mol. The number of hydrogen-bond donors (Lipinski definition) is 1. The van der Waals surface area contributed by atoms with Crippen molar-refractivity contribution in [2.24, 2.45) is 5.73 Å². The average molecular weight is 295 g/mol. The molecule has 0 saturated heterocycles. The molecule has 0 fully saturated rings. The van der Waals surface area contributed by atoms with Crippen molar-refractivity contribution in [2.75, 3.05) is 6.54 Å². The van der Waals surface area contributed by atoms with Crippen LogP contribution in [0, 0.1) is 5.82 Å². The fourth-order valence-corrected chi connectivity index (χ4v) is 1.61. The summed E-state index contributed by atoms with van der Waals surface area (Å²) in [7, 11) is 0. The fourth-order valence-electron chi connectivity index (χ4n) is 1.14. The second kappa shape index (κ2) is 5.58. The lowest BCUT2D eigenvalue weighted by molar-refractivity contribution is 0.0977. The molecule has 5 heteroatoms. The Hall–Kier alpha value is -0.450. The molecule has 0 radical (unpaired) electrons. The Morgan fingerprint density at radius 2 is 2.20 bits per heavy atom. The highest BCUT2D eigenvalue weighted by molar-refractivity contribution is 9.10. The Balaban J connectivity index is 2.95. The highest BCUT2D eigenvalue weighted by Crippen LogP contribution is 2.28. The van der Waals surface area contributed by atoms with Crippen LogP contribution in [0.3, 0.4) is 0 Å². The van der Waals surface area contributed by atoms with E-state index < -0.39 is 5.82 Å². The molecular formula is C10H10BrClFNO. The first-order chi connectivity index (χ1) is 7.07. The van der Waals surface area contributed by atoms with Crippen LogP contribution in [-0.2, 0) is 0 Å². The molecule has 0 aliphatic carbocycles. The second-order valence-corrected chi connectivity index (χ2v) is 4.27. The predicted molar refractivity (Wildman–Crippen MR) is 61.7 cm³/mol. The average Bonchev–Trinajstić information content (AvgIpc) is 2.23. The number of benzene rings is 1. The van der Waals surface area contributed by atoms with Gasteiger partial charge in [0.15, 0.2) is 11.6 Å². The van der Waals surface area contributed by atoms with Crippen molar-refractivity contribution < 1.29 is 9.18 Å². The number of rotatable bonds is 4. The van der Waals surface area contributed by atoms with Crippen molar-refractivity contribution in [3.63, 3.8) is 0 Å². The molecule has 2 nitrogen and oxygen atoms in total. The summed E-state index contributed by atoms with van der Waals surface area (Å²) in [6.45, 7) is 0.414. The molecule has 0 saturated carbocycles. The van der Waals surface area contributed by atoms with Crippen LogP contribution in [0.4, 0.5) is 4.39 Å². The van der Waals surface area contributed by atoms with Crippen molar-refractivity contribution in [1.82, 2.24) is 0 Å². The number of nitrogens with two attached hydrogens (primary N) is 1. The van der Waals surface area contributed by atoms with E-state index in [1.807, 2.05) is 0 Å². The third-order valence-electron chi connectivity index (χ3n) is 1.94. The van der Waals surface area contributed by atoms with Gasteiger partial charge in [0.1, 0.15) is 0 Å². The van der Waals surface area contributed by atoms with E-state index in [0.717, 1.165) is 0 Å². The minimum absolute atomic E-state index is 0.0247. The van der Waals surface area contributed by atoms with Gasteiger partial charge in [-0.1, -0.05) is 11.6 Å². The first kappa shape index (κ1) is 12.6. The lowest BCUT2D eigenvalue weighted by Gasteiger charge is -2.04. The van der Waals surface area contributed by atoms with Crippen LogP contribution < -0.4 is 5.73 Å². The fraction of sp³-hybridized carbons (Fsp3) is 0.300. The van der Waals surface area contributed by atoms with Crippen molar-refractivity contribution in [2.45, 2.75) is 12.8 Å². The quantitative estimate of drug-likeness (QED) is 0.685. The number of carbonyl (C=O) groups excluding carboxylic acids is 1. The molecule has 2 N–H and O–H groups in total. The molecule has 82 valence electrons. The standard InChI is InChI=1S/C10H10BrClFNO/c11-7-4-3-6(10(13)9(7)12)8(15)2-1-5-14/h3-4H,1-2,5,14H2. The predicted octanol–water partition coefficient (Wildman–Crippen LogP) is 3.16. The molecule has 1 aromatic rings. The van der Waals surface area contributed by atoms with E-state index in [2.05, 4.69) is 15.9 Å². The maximum absolute atomic E-state index is 13.5. The van der Waals surface area contributed by atoms with Gasteiger partial charge in [0.2, 0.25) is 0 Å². The maximum atomic E-state index is 13.5. The van der Waals surface area contributed by atoms with E-state index >= 15 is 0 Å². The molecule has 0 aliphatic heterocycles. The number of Topliss-reactive ketones (excluding diaryl/α,β-unsaturated/α-hetero) is 1. The van der Waals surface area contributed by atoms with E-state index in [9.17, 15) is 9.18 Å². The van der Waals surface area contributed by atoms with Crippen LogP contribution in [0.25, 0.3) is 0 Å². The summed E-state index contributed by atoms with van der Waals surface area (Å²) in [6, 6.07) is 2.98. The lowest BCUT2D eigenvalue weighted by atomic mass is 10.1. The zero-order valence-electron chi connectivity index (χ0n) is 7.90. The van der Waals surface area contributed by atoms with Crippen molar-refractivity contribution >= 4 is 33.3 Å². The maximum Gasteiger partial charge on any atom is 0.165 e. The van der Waals surface area contributed by atoms with Crippen LogP contribution in [0.1, 0.15) is 23.2 Å². The monoisotopic (exact) mass is 293 g/mol. The van der Waals surface area contributed by atoms with Gasteiger partial charge in [0.25, 0.3) is 0 Å². The van der Waals surface area contributed by atoms with Crippen molar-refractivity contribution in [3.8, 4) is 0 Å². The van der Waals surface area contributed by atoms with Crippen LogP contribution in [0.2, 0.25) is 5.02 Å². The summed E-state index contributed by atoms with van der Waals surface area (Å²) >= 11 is 8.74. The first-order valence-corrected chi connectivity index (χ1v) is 5.61. The van der Waals surface area contributed by atoms with Crippen LogP contribution in [0.15, 0.2) is 16.6 Å². The number of ketones is 1. The van der Waals surface area contributed by atoms with Gasteiger partial charge in [0, 0.05) is 10.9 Å². The van der Waals surface area contributed by atoms with Gasteiger partial charge in [0.05, 0.1) is 10.6 Å². The number of halogens is 3. The molecule has 0 bridgehead atoms. The van der Waals surface area contributed by atoms with Gasteiger partial charge in [-0.2, -0.15) is 0 Å². The lowest BCUT2D eigenvalue weighted by Crippen LogP contribution is -2.07. The van der Waals surface area contributed by atoms with Crippen LogP contribution in [-0.4, -0.2) is 12.3 Å². The Labute approximate surface area is 101 Å². The van der Waals surface area contributed by atoms with Crippen LogP contribution >= 0.6 is 27.5 Å². The number of hydrogen-bond acceptors (Lipinski definition) is 2. The zero-order chi connectivity index (χ0) is 11.4. The van der Waals surface area contributed by atoms with E-state index in [4.69, 9.17) is 17.3 Å². The minimum Gasteiger partial charge on any atom is -0.330 e. The van der Waals surface area contributed by atoms with Crippen molar-refractivity contribution in [1.29, 1.82) is 0 Å². The van der Waals surface area contributed by atoms with Gasteiger partial charge in [-0.25, -0.2) is 4.39 Å². The van der Waals surface area contributed by atoms with Gasteiger partial charge in [-0.15, -0.1) is 0 Å². The SMILES string of the molecule is NCCCC(=O)c1ccc(Br)c(Cl)c1F. The van der Waals surface area contributed by atoms with Crippen LogP contribution in [0.5, 0.6) is 0 Å². The summed E-state index contributed by atoms with van der Waals surface area (Å²) in [6.07, 6.45) is 0.789. The molecule has 0 spiro atoms. The Morgan fingerprint density at radius 1 is 1.53 bits per heavy atom. The van der Waals surface area contributed by atoms with Gasteiger partial charge in [-0.3, -0.25) is 4.79 Å². The largest absolute Gasteiger partial charge is 0.330 e. The number of carbonyl (C=O) groups is 1. The summed E-state index contributed by atoms with van der Waals surface area (Å²) < 4.78 is 14.0. The molecule has 0 unspecified atom stereocenters. The molecule has 0 aliphatic rings. The Kier molecular flexibility index (Phi) is 4.70. The topological polar surface area (TPSA) is 43.1 Å². The third kappa shape index (κ3) is 3.00. The normalized spacial score (nSPS) is 10.4. The van der Waals surface area contributed by atoms with E-state index in [1.165, 1.54) is 6.07 Å². The third-order valence-corrected chi connectivity index (χ3v) is 3.20. The Morgan fingerprint density at radius 3 is 2.80 bits per heavy atom. The van der Waals surface area contributed by atoms with Gasteiger partial charge < -0.3 is 5.73 Å². The summed E-state index contributed by atoms with van der Waals surface area (Å²) in [4.78, 5) is 11.5. The highest BCUT2D eigenvalue weighted by Gasteiger charge is 2.15. The Bertz CT molecular complexity index is 384. The zero-order valence-corrected chi connectivity index (χ0v) is 10.2. The van der Waals surface area contributed by atoms with Crippen molar-refractivity contribution in [3.05, 3.63) is 33.0 Å². The molecule has 15 heavy (non-hydrogen) atoms. The van der Waals surface area contributed by atoms with E-state index in [-0.39, 0.29) is 22.8 Å². The molecule has 0 aromatic heterocycles. The van der Waals surface area contributed by atoms with Gasteiger partial charge >= 0.3 is 0 Å². The molecule has 0 amide bonds. The smallest absolute Gasteiger partial charge is 0.165 e. The summed E-state index contributed by atoms with van der Waals surface area (Å²) in [5, 5.41) is -0.0615. The van der Waals surface area contributed by atoms with E-state index in [1.54, 1.807) is 6.07 Å². The summed E-state index contributed by atoms with van der Waals surface area (Å²) in [5.74, 6) is -0.944. The highest BCUT2D eigenvalue weighted by atomic mass is 79.9.